The maximum Gasteiger partial charge on any atom is 0.417 e. The first-order valence-electron chi connectivity index (χ1n) is 12.2. The highest BCUT2D eigenvalue weighted by Gasteiger charge is 2.37. The summed E-state index contributed by atoms with van der Waals surface area (Å²) < 4.78 is 75.9. The summed E-state index contributed by atoms with van der Waals surface area (Å²) in [6, 6.07) is 8.86. The molecule has 2 N–H and O–H groups in total. The smallest absolute Gasteiger partial charge is 0.374 e. The van der Waals surface area contributed by atoms with Crippen molar-refractivity contribution in [2.24, 2.45) is 5.92 Å². The molecule has 0 bridgehead atoms. The zero-order chi connectivity index (χ0) is 28.3. The monoisotopic (exact) mass is 569 g/mol. The highest BCUT2D eigenvalue weighted by molar-refractivity contribution is 6.30. The van der Waals surface area contributed by atoms with E-state index in [4.69, 9.17) is 16.3 Å². The molecule has 1 aliphatic carbocycles. The average molecular weight is 570 g/mol. The molecule has 0 aliphatic heterocycles. The first-order valence-corrected chi connectivity index (χ1v) is 12.6. The third kappa shape index (κ3) is 6.83. The van der Waals surface area contributed by atoms with E-state index in [1.54, 1.807) is 12.1 Å². The molecule has 0 saturated heterocycles. The van der Waals surface area contributed by atoms with Crippen LogP contribution in [-0.4, -0.2) is 22.0 Å². The molecule has 2 aromatic carbocycles. The molecular formula is C27H25ClF5N3O3. The van der Waals surface area contributed by atoms with Crippen LogP contribution in [0.4, 0.5) is 22.0 Å². The van der Waals surface area contributed by atoms with E-state index >= 15 is 4.39 Å². The van der Waals surface area contributed by atoms with Crippen LogP contribution in [-0.2, 0) is 28.9 Å². The average Bonchev–Trinajstić information content (AvgIpc) is 2.90. The molecule has 3 aromatic rings. The number of rotatable bonds is 7. The number of nitrogens with one attached hydrogen (secondary N) is 2. The fourth-order valence-electron chi connectivity index (χ4n) is 4.53. The minimum atomic E-state index is -4.98. The summed E-state index contributed by atoms with van der Waals surface area (Å²) in [4.78, 5) is 30.0. The molecule has 6 nitrogen and oxygen atoms in total. The molecule has 1 fully saturated rings. The molecule has 1 saturated carbocycles. The second-order valence-electron chi connectivity index (χ2n) is 9.40. The predicted octanol–water partition coefficient (Wildman–Crippen LogP) is 6.09. The predicted molar refractivity (Wildman–Crippen MR) is 134 cm³/mol. The Kier molecular flexibility index (Phi) is 8.70. The topological polar surface area (TPSA) is 84.1 Å². The Morgan fingerprint density at radius 3 is 2.36 bits per heavy atom. The van der Waals surface area contributed by atoms with E-state index in [2.05, 4.69) is 10.3 Å². The number of H-pyrrole nitrogens is 1. The number of benzene rings is 2. The Balaban J connectivity index is 1.41. The number of ether oxygens (including phenoxy) is 1. The van der Waals surface area contributed by atoms with Crippen LogP contribution in [0, 0.1) is 24.5 Å². The molecule has 39 heavy (non-hydrogen) atoms. The van der Waals surface area contributed by atoms with Gasteiger partial charge in [-0.05, 0) is 56.4 Å². The minimum absolute atomic E-state index is 0.0199. The molecule has 4 rings (SSSR count). The van der Waals surface area contributed by atoms with Crippen molar-refractivity contribution in [2.45, 2.75) is 58.0 Å². The quantitative estimate of drug-likeness (QED) is 0.337. The Bertz CT molecular complexity index is 1400. The molecule has 1 aromatic heterocycles. The largest absolute Gasteiger partial charge is 0.417 e. The normalized spacial score (nSPS) is 17.7. The highest BCUT2D eigenvalue weighted by Crippen LogP contribution is 2.38. The van der Waals surface area contributed by atoms with E-state index in [-0.39, 0.29) is 30.0 Å². The summed E-state index contributed by atoms with van der Waals surface area (Å²) in [5.41, 5.74) is -3.47. The summed E-state index contributed by atoms with van der Waals surface area (Å²) in [6.07, 6.45) is -2.63. The molecule has 0 unspecified atom stereocenters. The molecule has 1 heterocycles. The molecule has 0 radical (unpaired) electrons. The SMILES string of the molecule is Cc1nc(-c2c(C(F)(F)F)ccc(CNC(=O)[C@H]3CC[C@H](OCc4ccc(Cl)cc4)CC3)c2F)[nH]c(=O)c1F. The van der Waals surface area contributed by atoms with Crippen molar-refractivity contribution in [3.63, 3.8) is 0 Å². The maximum absolute atomic E-state index is 15.4. The van der Waals surface area contributed by atoms with Crippen LogP contribution < -0.4 is 10.9 Å². The Labute approximate surface area is 225 Å². The Morgan fingerprint density at radius 2 is 1.74 bits per heavy atom. The number of nitrogens with zero attached hydrogens (tertiary/aromatic N) is 1. The number of aromatic amines is 1. The Morgan fingerprint density at radius 1 is 1.08 bits per heavy atom. The van der Waals surface area contributed by atoms with Gasteiger partial charge >= 0.3 is 6.18 Å². The van der Waals surface area contributed by atoms with Crippen molar-refractivity contribution >= 4 is 17.5 Å². The first kappa shape index (κ1) is 28.7. The third-order valence-corrected chi connectivity index (χ3v) is 6.94. The van der Waals surface area contributed by atoms with Gasteiger partial charge in [-0.15, -0.1) is 0 Å². The zero-order valence-electron chi connectivity index (χ0n) is 20.8. The number of aromatic nitrogens is 2. The second-order valence-corrected chi connectivity index (χ2v) is 9.84. The molecule has 1 aliphatic rings. The molecular weight excluding hydrogens is 545 g/mol. The van der Waals surface area contributed by atoms with Gasteiger partial charge in [0, 0.05) is 23.0 Å². The highest BCUT2D eigenvalue weighted by atomic mass is 35.5. The van der Waals surface area contributed by atoms with Gasteiger partial charge in [-0.25, -0.2) is 9.37 Å². The van der Waals surface area contributed by atoms with Crippen molar-refractivity contribution in [3.05, 3.63) is 85.8 Å². The maximum atomic E-state index is 15.4. The van der Waals surface area contributed by atoms with Gasteiger partial charge < -0.3 is 15.0 Å². The lowest BCUT2D eigenvalue weighted by molar-refractivity contribution is -0.137. The van der Waals surface area contributed by atoms with Gasteiger partial charge in [-0.2, -0.15) is 17.6 Å². The lowest BCUT2D eigenvalue weighted by Gasteiger charge is -2.28. The van der Waals surface area contributed by atoms with Gasteiger partial charge in [0.15, 0.2) is 0 Å². The van der Waals surface area contributed by atoms with Crippen molar-refractivity contribution < 1.29 is 31.5 Å². The van der Waals surface area contributed by atoms with Gasteiger partial charge in [-0.1, -0.05) is 29.8 Å². The number of hydrogen-bond donors (Lipinski definition) is 2. The summed E-state index contributed by atoms with van der Waals surface area (Å²) in [6.45, 7) is 1.12. The van der Waals surface area contributed by atoms with Crippen molar-refractivity contribution in [1.82, 2.24) is 15.3 Å². The van der Waals surface area contributed by atoms with E-state index in [1.165, 1.54) is 0 Å². The summed E-state index contributed by atoms with van der Waals surface area (Å²) in [7, 11) is 0. The summed E-state index contributed by atoms with van der Waals surface area (Å²) in [5, 5.41) is 3.22. The van der Waals surface area contributed by atoms with E-state index in [0.717, 1.165) is 18.6 Å². The number of amides is 1. The van der Waals surface area contributed by atoms with Crippen LogP contribution in [0.1, 0.15) is 48.1 Å². The van der Waals surface area contributed by atoms with Crippen LogP contribution in [0.15, 0.2) is 41.2 Å². The molecule has 208 valence electrons. The van der Waals surface area contributed by atoms with E-state index < -0.39 is 46.0 Å². The third-order valence-electron chi connectivity index (χ3n) is 6.69. The standard InChI is InChI=1S/C27H25ClF5N3O3/c1-14-22(29)26(38)36-24(35-14)21-20(27(31,32)33)11-6-17(23(21)30)12-34-25(37)16-4-9-19(10-5-16)39-13-15-2-7-18(28)8-3-15/h2-3,6-8,11,16,19H,4-5,9-10,12-13H2,1H3,(H,34,37)(H,35,36,38)/t16-,19-. The molecule has 12 heteroatoms. The van der Waals surface area contributed by atoms with Crippen molar-refractivity contribution in [3.8, 4) is 11.4 Å². The number of halogens is 6. The van der Waals surface area contributed by atoms with Crippen LogP contribution in [0.5, 0.6) is 0 Å². The summed E-state index contributed by atoms with van der Waals surface area (Å²) in [5.74, 6) is -4.06. The lowest BCUT2D eigenvalue weighted by Crippen LogP contribution is -2.34. The number of carbonyl (C=O) groups is 1. The fourth-order valence-corrected chi connectivity index (χ4v) is 4.65. The molecule has 1 amide bonds. The van der Waals surface area contributed by atoms with Crippen LogP contribution in [0.25, 0.3) is 11.4 Å². The van der Waals surface area contributed by atoms with Crippen molar-refractivity contribution in [2.75, 3.05) is 0 Å². The van der Waals surface area contributed by atoms with Gasteiger partial charge in [0.25, 0.3) is 5.56 Å². The van der Waals surface area contributed by atoms with E-state index in [0.29, 0.717) is 43.4 Å². The van der Waals surface area contributed by atoms with Crippen LogP contribution in [0.3, 0.4) is 0 Å². The summed E-state index contributed by atoms with van der Waals surface area (Å²) >= 11 is 5.88. The van der Waals surface area contributed by atoms with Crippen molar-refractivity contribution in [1.29, 1.82) is 0 Å². The Hall–Kier alpha value is -3.31. The van der Waals surface area contributed by atoms with E-state index in [1.807, 2.05) is 17.1 Å². The van der Waals surface area contributed by atoms with E-state index in [9.17, 15) is 27.2 Å². The van der Waals surface area contributed by atoms with Gasteiger partial charge in [0.1, 0.15) is 11.6 Å². The van der Waals surface area contributed by atoms with Crippen LogP contribution >= 0.6 is 11.6 Å². The number of aryl methyl sites for hydroxylation is 1. The van der Waals surface area contributed by atoms with Crippen LogP contribution in [0.2, 0.25) is 5.02 Å². The van der Waals surface area contributed by atoms with Gasteiger partial charge in [-0.3, -0.25) is 9.59 Å². The number of hydrogen-bond acceptors (Lipinski definition) is 4. The first-order chi connectivity index (χ1) is 18.4. The number of alkyl halides is 3. The van der Waals surface area contributed by atoms with Gasteiger partial charge in [0.2, 0.25) is 11.7 Å². The zero-order valence-corrected chi connectivity index (χ0v) is 21.6. The lowest BCUT2D eigenvalue weighted by atomic mass is 9.86. The molecule has 0 atom stereocenters. The molecule has 0 spiro atoms. The fraction of sp³-hybridized carbons (Fsp3) is 0.370. The minimum Gasteiger partial charge on any atom is -0.374 e. The second kappa shape index (κ2) is 11.8. The van der Waals surface area contributed by atoms with Gasteiger partial charge in [0.05, 0.1) is 29.5 Å². The number of carbonyl (C=O) groups excluding carboxylic acids is 1.